The van der Waals surface area contributed by atoms with E-state index < -0.39 is 11.6 Å². The lowest BCUT2D eigenvalue weighted by atomic mass is 10.1. The Hall–Kier alpha value is -2.73. The van der Waals surface area contributed by atoms with Crippen LogP contribution in [-0.4, -0.2) is 42.0 Å². The summed E-state index contributed by atoms with van der Waals surface area (Å²) < 4.78 is 10.8. The number of halogens is 1. The molecule has 7 heteroatoms. The van der Waals surface area contributed by atoms with Crippen molar-refractivity contribution in [3.8, 4) is 11.5 Å². The minimum absolute atomic E-state index is 0.190. The Bertz CT molecular complexity index is 845. The van der Waals surface area contributed by atoms with Crippen LogP contribution in [0.4, 0.5) is 0 Å². The first kappa shape index (κ1) is 23.5. The van der Waals surface area contributed by atoms with Crippen LogP contribution >= 0.6 is 11.6 Å². The molecule has 1 atom stereocenters. The fourth-order valence-electron chi connectivity index (χ4n) is 2.74. The van der Waals surface area contributed by atoms with Gasteiger partial charge in [0.05, 0.1) is 7.11 Å². The molecule has 2 aromatic carbocycles. The van der Waals surface area contributed by atoms with Crippen molar-refractivity contribution in [2.45, 2.75) is 45.8 Å². The predicted octanol–water partition coefficient (Wildman–Crippen LogP) is 4.06. The highest BCUT2D eigenvalue weighted by molar-refractivity contribution is 6.30. The van der Waals surface area contributed by atoms with E-state index in [2.05, 4.69) is 5.32 Å². The lowest BCUT2D eigenvalue weighted by Gasteiger charge is -2.31. The number of carbonyl (C=O) groups is 2. The molecule has 0 heterocycles. The van der Waals surface area contributed by atoms with Gasteiger partial charge in [-0.05, 0) is 69.7 Å². The van der Waals surface area contributed by atoms with Gasteiger partial charge in [-0.3, -0.25) is 9.59 Å². The van der Waals surface area contributed by atoms with Gasteiger partial charge in [-0.2, -0.15) is 0 Å². The number of amides is 2. The summed E-state index contributed by atoms with van der Waals surface area (Å²) in [6.07, 6.45) is 0. The fourth-order valence-corrected chi connectivity index (χ4v) is 2.87. The van der Waals surface area contributed by atoms with E-state index in [1.165, 1.54) is 4.90 Å². The molecular formula is C23H29ClN2O4. The van der Waals surface area contributed by atoms with Crippen molar-refractivity contribution in [2.75, 3.05) is 13.7 Å². The van der Waals surface area contributed by atoms with E-state index in [0.717, 1.165) is 11.3 Å². The zero-order valence-electron chi connectivity index (χ0n) is 18.1. The lowest BCUT2D eigenvalue weighted by molar-refractivity contribution is -0.142. The molecule has 2 rings (SSSR count). The molecule has 0 saturated heterocycles. The van der Waals surface area contributed by atoms with Gasteiger partial charge in [0.2, 0.25) is 5.91 Å². The van der Waals surface area contributed by atoms with Crippen molar-refractivity contribution in [3.05, 3.63) is 59.1 Å². The number of methoxy groups -OCH3 is 1. The summed E-state index contributed by atoms with van der Waals surface area (Å²) in [5, 5.41) is 3.52. The van der Waals surface area contributed by atoms with Gasteiger partial charge in [0, 0.05) is 17.1 Å². The van der Waals surface area contributed by atoms with Gasteiger partial charge in [0.25, 0.3) is 5.91 Å². The van der Waals surface area contributed by atoms with Crippen molar-refractivity contribution < 1.29 is 19.1 Å². The number of rotatable bonds is 8. The SMILES string of the molecule is COc1ccc(CN(C(=O)COc2ccc(Cl)cc2)[C@H](C)C(=O)NC(C)(C)C)cc1. The summed E-state index contributed by atoms with van der Waals surface area (Å²) in [5.74, 6) is 0.735. The van der Waals surface area contributed by atoms with Crippen LogP contribution in [0.5, 0.6) is 11.5 Å². The second-order valence-electron chi connectivity index (χ2n) is 8.03. The number of benzene rings is 2. The number of nitrogens with one attached hydrogen (secondary N) is 1. The molecule has 0 fully saturated rings. The number of carbonyl (C=O) groups excluding carboxylic acids is 2. The highest BCUT2D eigenvalue weighted by Gasteiger charge is 2.28. The minimum Gasteiger partial charge on any atom is -0.497 e. The van der Waals surface area contributed by atoms with Crippen LogP contribution in [0.3, 0.4) is 0 Å². The Morgan fingerprint density at radius 1 is 1.03 bits per heavy atom. The third-order valence-corrected chi connectivity index (χ3v) is 4.61. The predicted molar refractivity (Wildman–Crippen MR) is 118 cm³/mol. The zero-order valence-corrected chi connectivity index (χ0v) is 18.8. The topological polar surface area (TPSA) is 67.9 Å². The Morgan fingerprint density at radius 3 is 2.13 bits per heavy atom. The Morgan fingerprint density at radius 2 is 1.60 bits per heavy atom. The summed E-state index contributed by atoms with van der Waals surface area (Å²) in [4.78, 5) is 27.2. The molecular weight excluding hydrogens is 404 g/mol. The molecule has 0 bridgehead atoms. The Kier molecular flexibility index (Phi) is 8.12. The van der Waals surface area contributed by atoms with Crippen LogP contribution in [0.1, 0.15) is 33.3 Å². The van der Waals surface area contributed by atoms with Crippen LogP contribution in [0.15, 0.2) is 48.5 Å². The number of ether oxygens (including phenoxy) is 2. The molecule has 6 nitrogen and oxygen atoms in total. The number of nitrogens with zero attached hydrogens (tertiary/aromatic N) is 1. The zero-order chi connectivity index (χ0) is 22.3. The monoisotopic (exact) mass is 432 g/mol. The van der Waals surface area contributed by atoms with E-state index in [0.29, 0.717) is 10.8 Å². The van der Waals surface area contributed by atoms with Gasteiger partial charge >= 0.3 is 0 Å². The quantitative estimate of drug-likeness (QED) is 0.683. The highest BCUT2D eigenvalue weighted by Crippen LogP contribution is 2.18. The molecule has 2 amide bonds. The summed E-state index contributed by atoms with van der Waals surface area (Å²) in [7, 11) is 1.60. The first-order valence-electron chi connectivity index (χ1n) is 9.72. The largest absolute Gasteiger partial charge is 0.497 e. The first-order chi connectivity index (χ1) is 14.1. The molecule has 0 unspecified atom stereocenters. The lowest BCUT2D eigenvalue weighted by Crippen LogP contribution is -2.53. The average molecular weight is 433 g/mol. The summed E-state index contributed by atoms with van der Waals surface area (Å²) in [5.41, 5.74) is 0.478. The standard InChI is InChI=1S/C23H29ClN2O4/c1-16(22(28)25-23(2,3)4)26(14-17-6-10-19(29-5)11-7-17)21(27)15-30-20-12-8-18(24)9-13-20/h6-13,16H,14-15H2,1-5H3,(H,25,28)/t16-/m1/s1. The van der Waals surface area contributed by atoms with E-state index in [9.17, 15) is 9.59 Å². The fraction of sp³-hybridized carbons (Fsp3) is 0.391. The molecule has 162 valence electrons. The van der Waals surface area contributed by atoms with E-state index in [4.69, 9.17) is 21.1 Å². The van der Waals surface area contributed by atoms with E-state index in [1.54, 1.807) is 38.3 Å². The third-order valence-electron chi connectivity index (χ3n) is 4.35. The average Bonchev–Trinajstić information content (AvgIpc) is 2.70. The van der Waals surface area contributed by atoms with Crippen molar-refractivity contribution in [2.24, 2.45) is 0 Å². The van der Waals surface area contributed by atoms with E-state index in [1.807, 2.05) is 45.0 Å². The van der Waals surface area contributed by atoms with Crippen molar-refractivity contribution in [1.82, 2.24) is 10.2 Å². The molecule has 0 spiro atoms. The normalized spacial score (nSPS) is 12.1. The molecule has 0 radical (unpaired) electrons. The molecule has 0 aliphatic rings. The van der Waals surface area contributed by atoms with Crippen molar-refractivity contribution >= 4 is 23.4 Å². The molecule has 2 aromatic rings. The molecule has 0 aliphatic heterocycles. The minimum atomic E-state index is -0.673. The smallest absolute Gasteiger partial charge is 0.261 e. The van der Waals surface area contributed by atoms with Gasteiger partial charge in [-0.25, -0.2) is 0 Å². The van der Waals surface area contributed by atoms with E-state index in [-0.39, 0.29) is 25.0 Å². The Labute approximate surface area is 183 Å². The van der Waals surface area contributed by atoms with Gasteiger partial charge in [0.15, 0.2) is 6.61 Å². The van der Waals surface area contributed by atoms with Crippen molar-refractivity contribution in [3.63, 3.8) is 0 Å². The first-order valence-corrected chi connectivity index (χ1v) is 10.1. The summed E-state index contributed by atoms with van der Waals surface area (Å²) >= 11 is 5.88. The van der Waals surface area contributed by atoms with Gasteiger partial charge < -0.3 is 19.7 Å². The van der Waals surface area contributed by atoms with Crippen molar-refractivity contribution in [1.29, 1.82) is 0 Å². The van der Waals surface area contributed by atoms with Crippen LogP contribution in [-0.2, 0) is 16.1 Å². The number of hydrogen-bond acceptors (Lipinski definition) is 4. The van der Waals surface area contributed by atoms with Gasteiger partial charge in [-0.1, -0.05) is 23.7 Å². The van der Waals surface area contributed by atoms with Crippen LogP contribution < -0.4 is 14.8 Å². The summed E-state index contributed by atoms with van der Waals surface area (Å²) in [6, 6.07) is 13.5. The van der Waals surface area contributed by atoms with Gasteiger partial charge in [-0.15, -0.1) is 0 Å². The second-order valence-corrected chi connectivity index (χ2v) is 8.46. The van der Waals surface area contributed by atoms with Crippen LogP contribution in [0, 0.1) is 0 Å². The number of hydrogen-bond donors (Lipinski definition) is 1. The van der Waals surface area contributed by atoms with Crippen LogP contribution in [0.2, 0.25) is 5.02 Å². The molecule has 0 aliphatic carbocycles. The maximum Gasteiger partial charge on any atom is 0.261 e. The molecule has 30 heavy (non-hydrogen) atoms. The third kappa shape index (κ3) is 7.26. The maximum atomic E-state index is 13.0. The highest BCUT2D eigenvalue weighted by atomic mass is 35.5. The maximum absolute atomic E-state index is 13.0. The summed E-state index contributed by atoms with van der Waals surface area (Å²) in [6.45, 7) is 7.49. The Balaban J connectivity index is 2.16. The molecule has 0 saturated carbocycles. The van der Waals surface area contributed by atoms with Crippen LogP contribution in [0.25, 0.3) is 0 Å². The van der Waals surface area contributed by atoms with E-state index >= 15 is 0 Å². The second kappa shape index (κ2) is 10.3. The van der Waals surface area contributed by atoms with Gasteiger partial charge in [0.1, 0.15) is 17.5 Å². The molecule has 1 N–H and O–H groups in total. The molecule has 0 aromatic heterocycles.